The van der Waals surface area contributed by atoms with Crippen LogP contribution in [0.1, 0.15) is 0 Å². The number of hydrogen-bond donors (Lipinski definition) is 0. The highest BCUT2D eigenvalue weighted by Gasteiger charge is 2.12. The molecule has 0 saturated heterocycles. The van der Waals surface area contributed by atoms with Crippen molar-refractivity contribution in [1.82, 2.24) is 4.98 Å². The van der Waals surface area contributed by atoms with E-state index in [-0.39, 0.29) is 5.75 Å². The van der Waals surface area contributed by atoms with Gasteiger partial charge in [0.1, 0.15) is 5.75 Å². The number of aromatic nitrogens is 1. The molecule has 0 bridgehead atoms. The van der Waals surface area contributed by atoms with E-state index in [1.54, 1.807) is 25.3 Å². The normalized spacial score (nSPS) is 10.7. The molecular formula is C16H10BrClFNO2. The first kappa shape index (κ1) is 15.1. The summed E-state index contributed by atoms with van der Waals surface area (Å²) < 4.78 is 18.1. The number of hydrogen-bond acceptors (Lipinski definition) is 3. The Bertz CT molecular complexity index is 840. The second-order valence-electron chi connectivity index (χ2n) is 4.57. The Labute approximate surface area is 139 Å². The highest BCUT2D eigenvalue weighted by atomic mass is 79.9. The van der Waals surface area contributed by atoms with Gasteiger partial charge in [-0.15, -0.1) is 0 Å². The number of ether oxygens (including phenoxy) is 1. The molecule has 0 N–H and O–H groups in total. The highest BCUT2D eigenvalue weighted by molar-refractivity contribution is 9.10. The molecule has 0 atom stereocenters. The Balaban J connectivity index is 2.20. The summed E-state index contributed by atoms with van der Waals surface area (Å²) >= 11 is 9.84. The van der Waals surface area contributed by atoms with E-state index >= 15 is 0 Å². The van der Waals surface area contributed by atoms with Gasteiger partial charge < -0.3 is 4.74 Å². The van der Waals surface area contributed by atoms with Crippen molar-refractivity contribution in [3.63, 3.8) is 0 Å². The molecule has 0 aliphatic carbocycles. The Hall–Kier alpha value is -1.85. The lowest BCUT2D eigenvalue weighted by Crippen LogP contribution is -1.91. The van der Waals surface area contributed by atoms with Crippen LogP contribution in [0.2, 0.25) is 5.02 Å². The Kier molecular flexibility index (Phi) is 4.18. The molecule has 0 saturated carbocycles. The number of pyridine rings is 1. The van der Waals surface area contributed by atoms with Crippen molar-refractivity contribution >= 4 is 38.4 Å². The van der Waals surface area contributed by atoms with Gasteiger partial charge in [-0.25, -0.2) is 4.98 Å². The molecule has 0 spiro atoms. The number of rotatable bonds is 3. The summed E-state index contributed by atoms with van der Waals surface area (Å²) in [5.41, 5.74) is 2.18. The molecule has 22 heavy (non-hydrogen) atoms. The van der Waals surface area contributed by atoms with Crippen molar-refractivity contribution in [3.8, 4) is 22.8 Å². The lowest BCUT2D eigenvalue weighted by atomic mass is 10.1. The second kappa shape index (κ2) is 6.10. The number of benzene rings is 2. The third-order valence-electron chi connectivity index (χ3n) is 3.29. The predicted molar refractivity (Wildman–Crippen MR) is 88.2 cm³/mol. The van der Waals surface area contributed by atoms with Crippen molar-refractivity contribution in [2.45, 2.75) is 0 Å². The maximum Gasteiger partial charge on any atom is 0.171 e. The molecule has 1 heterocycles. The standard InChI is InChI=1S/C16H10BrClFNO2/c1-21-14-7-6-11-12(18)8-13(20-16(11)15(14)17)9-2-4-10(22-19)5-3-9/h2-8H,1H3. The quantitative estimate of drug-likeness (QED) is 0.592. The number of nitrogens with zero attached hydrogens (tertiary/aromatic N) is 1. The van der Waals surface area contributed by atoms with Crippen molar-refractivity contribution in [1.29, 1.82) is 0 Å². The van der Waals surface area contributed by atoms with Gasteiger partial charge in [-0.05, 0) is 58.4 Å². The van der Waals surface area contributed by atoms with Gasteiger partial charge in [-0.1, -0.05) is 11.6 Å². The van der Waals surface area contributed by atoms with Crippen LogP contribution in [0, 0.1) is 0 Å². The number of methoxy groups -OCH3 is 1. The molecule has 0 radical (unpaired) electrons. The molecule has 1 aromatic heterocycles. The summed E-state index contributed by atoms with van der Waals surface area (Å²) in [4.78, 5) is 8.30. The lowest BCUT2D eigenvalue weighted by molar-refractivity contribution is -0.00618. The fourth-order valence-electron chi connectivity index (χ4n) is 2.18. The zero-order valence-corrected chi connectivity index (χ0v) is 13.8. The lowest BCUT2D eigenvalue weighted by Gasteiger charge is -2.10. The van der Waals surface area contributed by atoms with Crippen molar-refractivity contribution in [3.05, 3.63) is 52.0 Å². The van der Waals surface area contributed by atoms with Gasteiger partial charge in [0.2, 0.25) is 0 Å². The van der Waals surface area contributed by atoms with E-state index in [1.165, 1.54) is 12.1 Å². The Morgan fingerprint density at radius 2 is 1.86 bits per heavy atom. The van der Waals surface area contributed by atoms with Crippen molar-refractivity contribution in [2.75, 3.05) is 7.11 Å². The second-order valence-corrected chi connectivity index (χ2v) is 5.77. The molecule has 3 rings (SSSR count). The van der Waals surface area contributed by atoms with Gasteiger partial charge >= 0.3 is 0 Å². The largest absolute Gasteiger partial charge is 0.495 e. The summed E-state index contributed by atoms with van der Waals surface area (Å²) in [6.07, 6.45) is 0. The molecule has 6 heteroatoms. The molecule has 0 aliphatic heterocycles. The SMILES string of the molecule is COc1ccc2c(Cl)cc(-c3ccc(OF)cc3)nc2c1Br. The summed E-state index contributed by atoms with van der Waals surface area (Å²) in [5.74, 6) is 0.813. The number of halogens is 3. The van der Waals surface area contributed by atoms with Gasteiger partial charge in [0.05, 0.1) is 27.8 Å². The van der Waals surface area contributed by atoms with E-state index in [2.05, 4.69) is 25.9 Å². The third-order valence-corrected chi connectivity index (χ3v) is 4.37. The maximum absolute atomic E-state index is 12.1. The molecule has 0 aliphatic rings. The third kappa shape index (κ3) is 2.62. The van der Waals surface area contributed by atoms with E-state index in [1.807, 2.05) is 12.1 Å². The Morgan fingerprint density at radius 3 is 2.50 bits per heavy atom. The minimum atomic E-state index is 0.137. The maximum atomic E-state index is 12.1. The molecular weight excluding hydrogens is 373 g/mol. The van der Waals surface area contributed by atoms with Crippen LogP contribution in [-0.2, 0) is 0 Å². The van der Waals surface area contributed by atoms with Crippen LogP contribution in [0.5, 0.6) is 11.5 Å². The smallest absolute Gasteiger partial charge is 0.171 e. The van der Waals surface area contributed by atoms with Crippen LogP contribution < -0.4 is 9.68 Å². The molecule has 0 fully saturated rings. The van der Waals surface area contributed by atoms with Crippen LogP contribution in [0.4, 0.5) is 4.53 Å². The van der Waals surface area contributed by atoms with E-state index < -0.39 is 0 Å². The van der Waals surface area contributed by atoms with E-state index in [9.17, 15) is 4.53 Å². The summed E-state index contributed by atoms with van der Waals surface area (Å²) in [5, 5.41) is 1.40. The molecule has 112 valence electrons. The average molecular weight is 383 g/mol. The van der Waals surface area contributed by atoms with Gasteiger partial charge in [0.25, 0.3) is 0 Å². The molecule has 0 unspecified atom stereocenters. The monoisotopic (exact) mass is 381 g/mol. The number of fused-ring (bicyclic) bond motifs is 1. The van der Waals surface area contributed by atoms with Crippen LogP contribution in [0.25, 0.3) is 22.2 Å². The molecule has 3 aromatic rings. The van der Waals surface area contributed by atoms with Crippen molar-refractivity contribution in [2.24, 2.45) is 0 Å². The minimum absolute atomic E-state index is 0.137. The van der Waals surface area contributed by atoms with Crippen LogP contribution in [0.15, 0.2) is 46.9 Å². The van der Waals surface area contributed by atoms with Gasteiger partial charge in [0, 0.05) is 15.5 Å². The first-order chi connectivity index (χ1) is 10.6. The van der Waals surface area contributed by atoms with Gasteiger partial charge in [0.15, 0.2) is 5.75 Å². The minimum Gasteiger partial charge on any atom is -0.495 e. The van der Waals surface area contributed by atoms with Crippen molar-refractivity contribution < 1.29 is 14.2 Å². The highest BCUT2D eigenvalue weighted by Crippen LogP contribution is 2.37. The molecule has 2 aromatic carbocycles. The first-order valence-corrected chi connectivity index (χ1v) is 7.53. The van der Waals surface area contributed by atoms with Crippen LogP contribution >= 0.6 is 27.5 Å². The van der Waals surface area contributed by atoms with Crippen LogP contribution in [0.3, 0.4) is 0 Å². The zero-order chi connectivity index (χ0) is 15.7. The summed E-state index contributed by atoms with van der Waals surface area (Å²) in [7, 11) is 1.59. The molecule has 3 nitrogen and oxygen atoms in total. The van der Waals surface area contributed by atoms with E-state index in [0.717, 1.165) is 15.4 Å². The molecule has 0 amide bonds. The fraction of sp³-hybridized carbons (Fsp3) is 0.0625. The first-order valence-electron chi connectivity index (χ1n) is 6.36. The topological polar surface area (TPSA) is 31.4 Å². The van der Waals surface area contributed by atoms with Gasteiger partial charge in [-0.2, -0.15) is 0 Å². The summed E-state index contributed by atoms with van der Waals surface area (Å²) in [6, 6.07) is 11.9. The van der Waals surface area contributed by atoms with E-state index in [0.29, 0.717) is 22.0 Å². The fourth-order valence-corrected chi connectivity index (χ4v) is 3.03. The average Bonchev–Trinajstić information content (AvgIpc) is 2.56. The zero-order valence-electron chi connectivity index (χ0n) is 11.4. The summed E-state index contributed by atoms with van der Waals surface area (Å²) in [6.45, 7) is 0. The predicted octanol–water partition coefficient (Wildman–Crippen LogP) is 5.59. The van der Waals surface area contributed by atoms with Gasteiger partial charge in [-0.3, -0.25) is 4.94 Å². The van der Waals surface area contributed by atoms with E-state index in [4.69, 9.17) is 16.3 Å². The Morgan fingerprint density at radius 1 is 1.14 bits per heavy atom. The van der Waals surface area contributed by atoms with Crippen LogP contribution in [-0.4, -0.2) is 12.1 Å².